The van der Waals surface area contributed by atoms with Gasteiger partial charge in [0.2, 0.25) is 0 Å². The number of rotatable bonds is 4. The minimum absolute atomic E-state index is 0.733. The van der Waals surface area contributed by atoms with Crippen molar-refractivity contribution in [3.8, 4) is 11.3 Å². The number of hydrogen-bond acceptors (Lipinski definition) is 3. The highest BCUT2D eigenvalue weighted by Crippen LogP contribution is 2.27. The molecule has 90 valence electrons. The van der Waals surface area contributed by atoms with Gasteiger partial charge in [-0.3, -0.25) is 0 Å². The summed E-state index contributed by atoms with van der Waals surface area (Å²) in [4.78, 5) is 4.23. The number of oxazole rings is 1. The Labute approximate surface area is 119 Å². The monoisotopic (exact) mass is 362 g/mol. The van der Waals surface area contributed by atoms with E-state index in [-0.39, 0.29) is 0 Å². The third-order valence-corrected chi connectivity index (χ3v) is 3.92. The molecule has 0 saturated heterocycles. The molecule has 17 heavy (non-hydrogen) atoms. The zero-order valence-corrected chi connectivity index (χ0v) is 12.2. The molecule has 0 spiro atoms. The van der Waals surface area contributed by atoms with Crippen LogP contribution in [0.15, 0.2) is 28.8 Å². The highest BCUT2D eigenvalue weighted by Gasteiger charge is 2.07. The van der Waals surface area contributed by atoms with Crippen LogP contribution in [-0.2, 0) is 6.42 Å². The van der Waals surface area contributed by atoms with Crippen LogP contribution in [0, 0.1) is 3.57 Å². The van der Waals surface area contributed by atoms with Crippen molar-refractivity contribution in [1.29, 1.82) is 0 Å². The molecule has 0 atom stereocenters. The van der Waals surface area contributed by atoms with Gasteiger partial charge in [-0.05, 0) is 41.8 Å². The number of nitrogens with one attached hydrogen (secondary N) is 1. The number of halogens is 2. The number of nitrogens with zero attached hydrogens (tertiary/aromatic N) is 1. The van der Waals surface area contributed by atoms with Crippen LogP contribution in [-0.4, -0.2) is 18.6 Å². The Balaban J connectivity index is 2.21. The largest absolute Gasteiger partial charge is 0.441 e. The molecule has 2 aromatic rings. The summed E-state index contributed by atoms with van der Waals surface area (Å²) < 4.78 is 6.68. The van der Waals surface area contributed by atoms with Crippen LogP contribution in [0.25, 0.3) is 11.3 Å². The van der Waals surface area contributed by atoms with Gasteiger partial charge in [-0.1, -0.05) is 17.7 Å². The van der Waals surface area contributed by atoms with E-state index in [1.165, 1.54) is 0 Å². The van der Waals surface area contributed by atoms with E-state index >= 15 is 0 Å². The molecule has 0 radical (unpaired) electrons. The van der Waals surface area contributed by atoms with Gasteiger partial charge in [0.1, 0.15) is 0 Å². The lowest BCUT2D eigenvalue weighted by atomic mass is 10.2. The van der Waals surface area contributed by atoms with E-state index in [1.807, 2.05) is 25.2 Å². The zero-order chi connectivity index (χ0) is 12.3. The summed E-state index contributed by atoms with van der Waals surface area (Å²) in [5.41, 5.74) is 0.957. The SMILES string of the molecule is CNCCc1ncc(-c2ccc(I)c(Cl)c2)o1. The van der Waals surface area contributed by atoms with Gasteiger partial charge in [0.15, 0.2) is 11.7 Å². The van der Waals surface area contributed by atoms with Gasteiger partial charge in [0.25, 0.3) is 0 Å². The van der Waals surface area contributed by atoms with Crippen molar-refractivity contribution in [3.05, 3.63) is 38.9 Å². The van der Waals surface area contributed by atoms with E-state index in [4.69, 9.17) is 16.0 Å². The van der Waals surface area contributed by atoms with Gasteiger partial charge in [0, 0.05) is 22.1 Å². The molecule has 0 saturated carbocycles. The van der Waals surface area contributed by atoms with E-state index in [0.29, 0.717) is 0 Å². The molecular weight excluding hydrogens is 351 g/mol. The molecule has 0 amide bonds. The first kappa shape index (κ1) is 12.9. The van der Waals surface area contributed by atoms with Crippen molar-refractivity contribution in [3.63, 3.8) is 0 Å². The topological polar surface area (TPSA) is 38.1 Å². The first-order valence-corrected chi connectivity index (χ1v) is 6.71. The van der Waals surface area contributed by atoms with Crippen LogP contribution in [0.4, 0.5) is 0 Å². The fourth-order valence-electron chi connectivity index (χ4n) is 1.44. The molecule has 0 unspecified atom stereocenters. The molecule has 5 heteroatoms. The smallest absolute Gasteiger partial charge is 0.196 e. The summed E-state index contributed by atoms with van der Waals surface area (Å²) in [5, 5.41) is 3.79. The molecule has 0 bridgehead atoms. The lowest BCUT2D eigenvalue weighted by Crippen LogP contribution is -2.10. The maximum atomic E-state index is 6.07. The normalized spacial score (nSPS) is 10.8. The van der Waals surface area contributed by atoms with Crippen molar-refractivity contribution >= 4 is 34.2 Å². The minimum Gasteiger partial charge on any atom is -0.441 e. The Morgan fingerprint density at radius 2 is 2.29 bits per heavy atom. The molecule has 1 N–H and O–H groups in total. The Bertz CT molecular complexity index is 513. The fourth-order valence-corrected chi connectivity index (χ4v) is 1.96. The zero-order valence-electron chi connectivity index (χ0n) is 9.34. The second-order valence-corrected chi connectivity index (χ2v) is 5.17. The maximum absolute atomic E-state index is 6.07. The van der Waals surface area contributed by atoms with Gasteiger partial charge in [-0.15, -0.1) is 0 Å². The van der Waals surface area contributed by atoms with Crippen LogP contribution in [0.1, 0.15) is 5.89 Å². The Kier molecular flexibility index (Phi) is 4.42. The summed E-state index contributed by atoms with van der Waals surface area (Å²) in [5.74, 6) is 1.50. The molecule has 1 heterocycles. The molecule has 1 aromatic heterocycles. The molecule has 3 nitrogen and oxygen atoms in total. The predicted octanol–water partition coefficient (Wildman–Crippen LogP) is 3.36. The summed E-state index contributed by atoms with van der Waals surface area (Å²) in [6, 6.07) is 5.84. The number of aromatic nitrogens is 1. The van der Waals surface area contributed by atoms with E-state index in [9.17, 15) is 0 Å². The van der Waals surface area contributed by atoms with E-state index < -0.39 is 0 Å². The van der Waals surface area contributed by atoms with E-state index in [1.54, 1.807) is 6.20 Å². The fraction of sp³-hybridized carbons (Fsp3) is 0.250. The Morgan fingerprint density at radius 3 is 3.00 bits per heavy atom. The third-order valence-electron chi connectivity index (χ3n) is 2.35. The lowest BCUT2D eigenvalue weighted by Gasteiger charge is -1.99. The van der Waals surface area contributed by atoms with Crippen molar-refractivity contribution in [2.45, 2.75) is 6.42 Å². The summed E-state index contributed by atoms with van der Waals surface area (Å²) >= 11 is 8.27. The van der Waals surface area contributed by atoms with Crippen molar-refractivity contribution < 1.29 is 4.42 Å². The van der Waals surface area contributed by atoms with Crippen LogP contribution in [0.5, 0.6) is 0 Å². The first-order valence-electron chi connectivity index (χ1n) is 5.25. The average molecular weight is 363 g/mol. The number of likely N-dealkylation sites (N-methyl/N-ethyl adjacent to an activating group) is 1. The first-order chi connectivity index (χ1) is 8.20. The van der Waals surface area contributed by atoms with Gasteiger partial charge < -0.3 is 9.73 Å². The van der Waals surface area contributed by atoms with E-state index in [2.05, 4.69) is 32.9 Å². The molecule has 1 aromatic carbocycles. The van der Waals surface area contributed by atoms with Gasteiger partial charge in [0.05, 0.1) is 11.2 Å². The standard InChI is InChI=1S/C12H12ClIN2O/c1-15-5-4-12-16-7-11(17-12)8-2-3-10(14)9(13)6-8/h2-3,6-7,15H,4-5H2,1H3. The average Bonchev–Trinajstić information content (AvgIpc) is 2.79. The number of hydrogen-bond donors (Lipinski definition) is 1. The highest BCUT2D eigenvalue weighted by atomic mass is 127. The molecular formula is C12H12ClIN2O. The summed E-state index contributed by atoms with van der Waals surface area (Å²) in [6.45, 7) is 0.855. The molecule has 2 rings (SSSR count). The lowest BCUT2D eigenvalue weighted by molar-refractivity contribution is 0.501. The van der Waals surface area contributed by atoms with Gasteiger partial charge >= 0.3 is 0 Å². The predicted molar refractivity (Wildman–Crippen MR) is 77.3 cm³/mol. The highest BCUT2D eigenvalue weighted by molar-refractivity contribution is 14.1. The Hall–Kier alpha value is -0.590. The van der Waals surface area contributed by atoms with Crippen LogP contribution >= 0.6 is 34.2 Å². The Morgan fingerprint density at radius 1 is 1.47 bits per heavy atom. The molecule has 0 aliphatic rings. The van der Waals surface area contributed by atoms with Gasteiger partial charge in [-0.2, -0.15) is 0 Å². The van der Waals surface area contributed by atoms with Crippen LogP contribution in [0.3, 0.4) is 0 Å². The molecule has 0 fully saturated rings. The molecule has 0 aliphatic heterocycles. The maximum Gasteiger partial charge on any atom is 0.196 e. The van der Waals surface area contributed by atoms with Crippen molar-refractivity contribution in [1.82, 2.24) is 10.3 Å². The van der Waals surface area contributed by atoms with Crippen molar-refractivity contribution in [2.75, 3.05) is 13.6 Å². The van der Waals surface area contributed by atoms with E-state index in [0.717, 1.165) is 38.8 Å². The minimum atomic E-state index is 0.733. The third kappa shape index (κ3) is 3.20. The number of benzene rings is 1. The van der Waals surface area contributed by atoms with Crippen LogP contribution in [0.2, 0.25) is 5.02 Å². The quantitative estimate of drug-likeness (QED) is 0.848. The second kappa shape index (κ2) is 5.84. The summed E-state index contributed by atoms with van der Waals surface area (Å²) in [7, 11) is 1.91. The van der Waals surface area contributed by atoms with Gasteiger partial charge in [-0.25, -0.2) is 4.98 Å². The van der Waals surface area contributed by atoms with Crippen molar-refractivity contribution in [2.24, 2.45) is 0 Å². The second-order valence-electron chi connectivity index (χ2n) is 3.60. The van der Waals surface area contributed by atoms with Crippen LogP contribution < -0.4 is 5.32 Å². The summed E-state index contributed by atoms with van der Waals surface area (Å²) in [6.07, 6.45) is 2.53. The molecule has 0 aliphatic carbocycles.